The van der Waals surface area contributed by atoms with Gasteiger partial charge in [0, 0.05) is 65.9 Å². The van der Waals surface area contributed by atoms with Gasteiger partial charge in [-0.2, -0.15) is 0 Å². The summed E-state index contributed by atoms with van der Waals surface area (Å²) in [5, 5.41) is 7.10. The SMILES string of the molecule is CC(C)(C)c1ccc(N2B3c4cc5oc6ccccc6c5cc4-n4c5ccc(C(C)(C)C)cc5c5c6c(oc7ccccc76)c(c3c54)-c3cc4c(cc32)-c2ccccc2C4(C)C)cc1. The zero-order valence-electron chi connectivity index (χ0n) is 37.6. The Balaban J connectivity index is 1.23. The van der Waals surface area contributed by atoms with E-state index in [0.717, 1.165) is 44.2 Å². The first-order chi connectivity index (χ1) is 30.8. The van der Waals surface area contributed by atoms with Gasteiger partial charge in [0.25, 0.3) is 0 Å². The molecule has 0 radical (unpaired) electrons. The molecular weight excluding hydrogens is 779 g/mol. The molecule has 8 aromatic carbocycles. The van der Waals surface area contributed by atoms with Gasteiger partial charge in [0.15, 0.2) is 0 Å². The predicted octanol–water partition coefficient (Wildman–Crippen LogP) is 14.7. The molecule has 0 N–H and O–H groups in total. The van der Waals surface area contributed by atoms with Crippen molar-refractivity contribution >= 4 is 94.8 Å². The summed E-state index contributed by atoms with van der Waals surface area (Å²) >= 11 is 0. The molecule has 0 saturated heterocycles. The van der Waals surface area contributed by atoms with Gasteiger partial charge >= 0.3 is 6.85 Å². The third-order valence-corrected chi connectivity index (χ3v) is 15.3. The lowest BCUT2D eigenvalue weighted by molar-refractivity contribution is 0.590. The number of furan rings is 2. The Hall–Kier alpha value is -6.98. The highest BCUT2D eigenvalue weighted by Gasteiger charge is 2.48. The number of hydrogen-bond acceptors (Lipinski definition) is 3. The van der Waals surface area contributed by atoms with E-state index in [9.17, 15) is 0 Å². The van der Waals surface area contributed by atoms with Gasteiger partial charge in [0.2, 0.25) is 0 Å². The number of fused-ring (bicyclic) bond motifs is 19. The van der Waals surface area contributed by atoms with Crippen molar-refractivity contribution in [2.75, 3.05) is 4.81 Å². The number of nitrogens with zero attached hydrogens (tertiary/aromatic N) is 2. The number of hydrogen-bond donors (Lipinski definition) is 0. The van der Waals surface area contributed by atoms with Crippen LogP contribution in [-0.4, -0.2) is 11.4 Å². The van der Waals surface area contributed by atoms with E-state index in [1.807, 2.05) is 0 Å². The fourth-order valence-electron chi connectivity index (χ4n) is 12.1. The molecule has 4 nitrogen and oxygen atoms in total. The lowest BCUT2D eigenvalue weighted by atomic mass is 9.43. The first kappa shape index (κ1) is 36.5. The molecule has 0 saturated carbocycles. The summed E-state index contributed by atoms with van der Waals surface area (Å²) in [5.74, 6) is 0. The molecule has 2 aliphatic heterocycles. The van der Waals surface area contributed by atoms with E-state index in [1.165, 1.54) is 94.0 Å². The maximum atomic E-state index is 7.32. The molecule has 0 fully saturated rings. The summed E-state index contributed by atoms with van der Waals surface area (Å²) in [6.07, 6.45) is 0. The second-order valence-corrected chi connectivity index (χ2v) is 21.3. The van der Waals surface area contributed by atoms with Crippen molar-refractivity contribution < 1.29 is 8.83 Å². The molecule has 64 heavy (non-hydrogen) atoms. The summed E-state index contributed by atoms with van der Waals surface area (Å²) in [7, 11) is 0. The molecule has 0 unspecified atom stereocenters. The van der Waals surface area contributed by atoms with E-state index in [0.29, 0.717) is 0 Å². The van der Waals surface area contributed by atoms with Crippen LogP contribution in [0.1, 0.15) is 77.6 Å². The fourth-order valence-corrected chi connectivity index (χ4v) is 12.1. The number of para-hydroxylation sites is 2. The van der Waals surface area contributed by atoms with Crippen molar-refractivity contribution in [1.82, 2.24) is 4.57 Å². The highest BCUT2D eigenvalue weighted by molar-refractivity contribution is 6.94. The molecule has 11 aromatic rings. The van der Waals surface area contributed by atoms with Crippen molar-refractivity contribution in [3.05, 3.63) is 162 Å². The molecule has 3 aromatic heterocycles. The fraction of sp³-hybridized carbons (Fsp3) is 0.186. The summed E-state index contributed by atoms with van der Waals surface area (Å²) < 4.78 is 16.7. The van der Waals surface area contributed by atoms with E-state index in [4.69, 9.17) is 8.83 Å². The number of rotatable bonds is 1. The monoisotopic (exact) mass is 826 g/mol. The van der Waals surface area contributed by atoms with Gasteiger partial charge in [-0.1, -0.05) is 134 Å². The van der Waals surface area contributed by atoms with Gasteiger partial charge < -0.3 is 18.2 Å². The molecule has 0 atom stereocenters. The molecule has 5 heterocycles. The first-order valence-corrected chi connectivity index (χ1v) is 22.9. The zero-order valence-corrected chi connectivity index (χ0v) is 37.6. The van der Waals surface area contributed by atoms with Crippen LogP contribution in [0.5, 0.6) is 0 Å². The molecular formula is C59H47BN2O2. The maximum Gasteiger partial charge on any atom is 0.333 e. The minimum Gasteiger partial charge on any atom is -0.456 e. The van der Waals surface area contributed by atoms with Crippen LogP contribution >= 0.6 is 0 Å². The zero-order chi connectivity index (χ0) is 43.3. The smallest absolute Gasteiger partial charge is 0.333 e. The van der Waals surface area contributed by atoms with Crippen LogP contribution in [0.15, 0.2) is 148 Å². The predicted molar refractivity (Wildman–Crippen MR) is 269 cm³/mol. The Morgan fingerprint density at radius 2 is 1.20 bits per heavy atom. The van der Waals surface area contributed by atoms with Crippen molar-refractivity contribution in [3.63, 3.8) is 0 Å². The topological polar surface area (TPSA) is 34.5 Å². The van der Waals surface area contributed by atoms with Crippen LogP contribution in [-0.2, 0) is 16.2 Å². The van der Waals surface area contributed by atoms with Crippen molar-refractivity contribution in [2.24, 2.45) is 0 Å². The van der Waals surface area contributed by atoms with Crippen LogP contribution in [0.3, 0.4) is 0 Å². The normalized spacial score (nSPS) is 14.9. The highest BCUT2D eigenvalue weighted by atomic mass is 16.3. The van der Waals surface area contributed by atoms with Crippen molar-refractivity contribution in [1.29, 1.82) is 0 Å². The van der Waals surface area contributed by atoms with Gasteiger partial charge in [0.05, 0.1) is 11.0 Å². The maximum absolute atomic E-state index is 7.32. The molecule has 14 rings (SSSR count). The summed E-state index contributed by atoms with van der Waals surface area (Å²) in [4.78, 5) is 2.65. The second kappa shape index (κ2) is 11.8. The Kier molecular flexibility index (Phi) is 6.72. The van der Waals surface area contributed by atoms with E-state index in [1.54, 1.807) is 0 Å². The standard InChI is InChI=1S/C59H47BN2O2/c1-57(2,3)32-21-24-34(25-22-32)62-46-29-38-35-15-9-12-18-42(35)59(7,8)43(38)28-41(46)53-54-55-51(52-37-17-11-14-20-49(37)64-56(52)53)40-27-33(58(4,5)6)23-26-45(40)61(55)47-30-39-36-16-10-13-19-48(36)63-50(39)31-44(47)60(54)62/h9-31H,1-8H3. The molecule has 308 valence electrons. The summed E-state index contributed by atoms with van der Waals surface area (Å²) in [6, 6.07) is 52.6. The van der Waals surface area contributed by atoms with Gasteiger partial charge in [-0.05, 0) is 116 Å². The number of benzene rings is 8. The molecule has 3 aliphatic rings. The number of anilines is 2. The van der Waals surface area contributed by atoms with Crippen LogP contribution in [0, 0.1) is 0 Å². The molecule has 0 spiro atoms. The lowest BCUT2D eigenvalue weighted by Gasteiger charge is -2.42. The van der Waals surface area contributed by atoms with Crippen LogP contribution < -0.4 is 15.7 Å². The average Bonchev–Trinajstić information content (AvgIpc) is 4.00. The highest BCUT2D eigenvalue weighted by Crippen LogP contribution is 2.56. The van der Waals surface area contributed by atoms with E-state index in [2.05, 4.69) is 204 Å². The van der Waals surface area contributed by atoms with Crippen LogP contribution in [0.2, 0.25) is 0 Å². The van der Waals surface area contributed by atoms with Gasteiger partial charge in [-0.15, -0.1) is 0 Å². The first-order valence-electron chi connectivity index (χ1n) is 22.9. The number of aromatic nitrogens is 1. The third kappa shape index (κ3) is 4.49. The van der Waals surface area contributed by atoms with Crippen molar-refractivity contribution in [2.45, 2.75) is 71.6 Å². The van der Waals surface area contributed by atoms with Gasteiger partial charge in [0.1, 0.15) is 22.3 Å². The average molecular weight is 827 g/mol. The molecule has 0 bridgehead atoms. The van der Waals surface area contributed by atoms with Crippen molar-refractivity contribution in [3.8, 4) is 27.9 Å². The van der Waals surface area contributed by atoms with Gasteiger partial charge in [-0.3, -0.25) is 0 Å². The second-order valence-electron chi connectivity index (χ2n) is 21.3. The summed E-state index contributed by atoms with van der Waals surface area (Å²) in [5.41, 5.74) is 22.3. The Morgan fingerprint density at radius 1 is 0.516 bits per heavy atom. The third-order valence-electron chi connectivity index (χ3n) is 15.3. The Bertz CT molecular complexity index is 3900. The quantitative estimate of drug-likeness (QED) is 0.155. The molecule has 1 aliphatic carbocycles. The largest absolute Gasteiger partial charge is 0.456 e. The van der Waals surface area contributed by atoms with Gasteiger partial charge in [-0.25, -0.2) is 0 Å². The van der Waals surface area contributed by atoms with Crippen LogP contribution in [0.25, 0.3) is 93.6 Å². The lowest BCUT2D eigenvalue weighted by Crippen LogP contribution is -2.60. The Morgan fingerprint density at radius 3 is 1.97 bits per heavy atom. The molecule has 0 amide bonds. The van der Waals surface area contributed by atoms with E-state index >= 15 is 0 Å². The minimum absolute atomic E-state index is 0.0112. The van der Waals surface area contributed by atoms with E-state index < -0.39 is 0 Å². The van der Waals surface area contributed by atoms with Crippen LogP contribution in [0.4, 0.5) is 11.4 Å². The van der Waals surface area contributed by atoms with E-state index in [-0.39, 0.29) is 23.1 Å². The summed E-state index contributed by atoms with van der Waals surface area (Å²) in [6.45, 7) is 18.4. The minimum atomic E-state index is -0.211. The molecule has 5 heteroatoms. The Labute approximate surface area is 372 Å².